The summed E-state index contributed by atoms with van der Waals surface area (Å²) in [6, 6.07) is 1.50. The first-order valence-electron chi connectivity index (χ1n) is 4.24. The topological polar surface area (TPSA) is 42.0 Å². The summed E-state index contributed by atoms with van der Waals surface area (Å²) in [5.74, 6) is -0.182. The number of nitrogens with one attached hydrogen (secondary N) is 1. The maximum absolute atomic E-state index is 11.4. The third-order valence-electron chi connectivity index (χ3n) is 1.59. The molecule has 0 saturated heterocycles. The molecule has 0 fully saturated rings. The Bertz CT molecular complexity index is 342. The average Bonchev–Trinajstić information content (AvgIpc) is 2.18. The lowest BCUT2D eigenvalue weighted by Crippen LogP contribution is -2.24. The molecule has 0 spiro atoms. The van der Waals surface area contributed by atoms with Crippen molar-refractivity contribution in [1.29, 1.82) is 0 Å². The van der Waals surface area contributed by atoms with Gasteiger partial charge in [-0.1, -0.05) is 30.1 Å². The predicted octanol–water partition coefficient (Wildman–Crippen LogP) is 2.53. The van der Waals surface area contributed by atoms with Crippen LogP contribution >= 0.6 is 23.2 Å². The molecule has 0 aliphatic heterocycles. The lowest BCUT2D eigenvalue weighted by Gasteiger charge is -2.03. The first-order valence-corrected chi connectivity index (χ1v) is 5.00. The second kappa shape index (κ2) is 5.17. The minimum absolute atomic E-state index is 0.182. The minimum atomic E-state index is -0.182. The van der Waals surface area contributed by atoms with Gasteiger partial charge >= 0.3 is 0 Å². The molecule has 76 valence electrons. The van der Waals surface area contributed by atoms with Crippen LogP contribution in [0.2, 0.25) is 10.2 Å². The van der Waals surface area contributed by atoms with Gasteiger partial charge in [-0.3, -0.25) is 4.79 Å². The maximum Gasteiger partial charge on any atom is 0.252 e. The molecular weight excluding hydrogens is 223 g/mol. The fourth-order valence-electron chi connectivity index (χ4n) is 0.886. The van der Waals surface area contributed by atoms with Gasteiger partial charge in [-0.15, -0.1) is 0 Å². The van der Waals surface area contributed by atoms with E-state index in [9.17, 15) is 4.79 Å². The molecule has 14 heavy (non-hydrogen) atoms. The van der Waals surface area contributed by atoms with Crippen LogP contribution in [0.5, 0.6) is 0 Å². The van der Waals surface area contributed by atoms with Crippen molar-refractivity contribution in [3.05, 3.63) is 28.0 Å². The van der Waals surface area contributed by atoms with Crippen LogP contribution in [0.25, 0.3) is 0 Å². The monoisotopic (exact) mass is 232 g/mol. The highest BCUT2D eigenvalue weighted by molar-refractivity contribution is 6.41. The van der Waals surface area contributed by atoms with Crippen molar-refractivity contribution >= 4 is 29.1 Å². The number of hydrogen-bond acceptors (Lipinski definition) is 2. The summed E-state index contributed by atoms with van der Waals surface area (Å²) in [5, 5.41) is 3.21. The third-order valence-corrected chi connectivity index (χ3v) is 2.28. The van der Waals surface area contributed by atoms with E-state index < -0.39 is 0 Å². The van der Waals surface area contributed by atoms with Gasteiger partial charge in [-0.2, -0.15) is 0 Å². The van der Waals surface area contributed by atoms with Crippen LogP contribution in [0.4, 0.5) is 0 Å². The van der Waals surface area contributed by atoms with Crippen molar-refractivity contribution in [2.75, 3.05) is 6.54 Å². The molecule has 0 radical (unpaired) electrons. The molecule has 0 bridgehead atoms. The van der Waals surface area contributed by atoms with Crippen LogP contribution in [0.3, 0.4) is 0 Å². The van der Waals surface area contributed by atoms with Crippen molar-refractivity contribution in [1.82, 2.24) is 10.3 Å². The lowest BCUT2D eigenvalue weighted by molar-refractivity contribution is 0.0953. The number of nitrogens with zero attached hydrogens (tertiary/aromatic N) is 1. The van der Waals surface area contributed by atoms with Crippen LogP contribution in [0.1, 0.15) is 23.7 Å². The molecular formula is C9H10Cl2N2O. The van der Waals surface area contributed by atoms with Crippen LogP contribution in [0, 0.1) is 0 Å². The maximum atomic E-state index is 11.4. The van der Waals surface area contributed by atoms with E-state index in [1.54, 1.807) is 0 Å². The van der Waals surface area contributed by atoms with E-state index in [1.807, 2.05) is 6.92 Å². The molecule has 0 aliphatic rings. The van der Waals surface area contributed by atoms with E-state index >= 15 is 0 Å². The Kier molecular flexibility index (Phi) is 4.17. The molecule has 1 heterocycles. The summed E-state index contributed by atoms with van der Waals surface area (Å²) in [6.45, 7) is 2.62. The van der Waals surface area contributed by atoms with Gasteiger partial charge in [0.05, 0.1) is 10.6 Å². The highest BCUT2D eigenvalue weighted by atomic mass is 35.5. The Balaban J connectivity index is 2.76. The lowest BCUT2D eigenvalue weighted by atomic mass is 10.2. The molecule has 0 aliphatic carbocycles. The number of pyridine rings is 1. The van der Waals surface area contributed by atoms with Crippen molar-refractivity contribution < 1.29 is 4.79 Å². The molecule has 1 aromatic heterocycles. The number of aromatic nitrogens is 1. The summed E-state index contributed by atoms with van der Waals surface area (Å²) in [7, 11) is 0. The number of carbonyl (C=O) groups excluding carboxylic acids is 1. The number of amides is 1. The summed E-state index contributed by atoms with van der Waals surface area (Å²) >= 11 is 11.3. The quantitative estimate of drug-likeness (QED) is 0.815. The predicted molar refractivity (Wildman–Crippen MR) is 56.9 cm³/mol. The average molecular weight is 233 g/mol. The van der Waals surface area contributed by atoms with Gasteiger partial charge in [0.1, 0.15) is 5.15 Å². The van der Waals surface area contributed by atoms with E-state index in [0.717, 1.165) is 6.42 Å². The van der Waals surface area contributed by atoms with E-state index in [0.29, 0.717) is 12.1 Å². The largest absolute Gasteiger partial charge is 0.352 e. The normalized spacial score (nSPS) is 9.93. The number of rotatable bonds is 3. The molecule has 1 N–H and O–H groups in total. The minimum Gasteiger partial charge on any atom is -0.352 e. The summed E-state index contributed by atoms with van der Waals surface area (Å²) in [4.78, 5) is 15.2. The Hall–Kier alpha value is -0.800. The SMILES string of the molecule is CCCNC(=O)c1cnc(Cl)c(Cl)c1. The van der Waals surface area contributed by atoms with Gasteiger partial charge in [0.15, 0.2) is 0 Å². The first kappa shape index (κ1) is 11.3. The Labute approximate surface area is 92.4 Å². The summed E-state index contributed by atoms with van der Waals surface area (Å²) < 4.78 is 0. The van der Waals surface area contributed by atoms with Crippen LogP contribution in [0.15, 0.2) is 12.3 Å². The summed E-state index contributed by atoms with van der Waals surface area (Å²) in [6.07, 6.45) is 2.29. The van der Waals surface area contributed by atoms with Crippen molar-refractivity contribution in [3.8, 4) is 0 Å². The van der Waals surface area contributed by atoms with Crippen molar-refractivity contribution in [2.45, 2.75) is 13.3 Å². The molecule has 0 unspecified atom stereocenters. The molecule has 0 saturated carbocycles. The van der Waals surface area contributed by atoms with Gasteiger partial charge < -0.3 is 5.32 Å². The highest BCUT2D eigenvalue weighted by Crippen LogP contribution is 2.19. The highest BCUT2D eigenvalue weighted by Gasteiger charge is 2.07. The Morgan fingerprint density at radius 2 is 2.29 bits per heavy atom. The van der Waals surface area contributed by atoms with Gasteiger partial charge in [0.2, 0.25) is 0 Å². The van der Waals surface area contributed by atoms with E-state index in [-0.39, 0.29) is 16.1 Å². The number of carbonyl (C=O) groups is 1. The van der Waals surface area contributed by atoms with Crippen LogP contribution in [-0.4, -0.2) is 17.4 Å². The fourth-order valence-corrected chi connectivity index (χ4v) is 1.16. The van der Waals surface area contributed by atoms with E-state index in [1.165, 1.54) is 12.3 Å². The van der Waals surface area contributed by atoms with E-state index in [2.05, 4.69) is 10.3 Å². The van der Waals surface area contributed by atoms with Crippen LogP contribution in [-0.2, 0) is 0 Å². The molecule has 0 aromatic carbocycles. The van der Waals surface area contributed by atoms with Crippen molar-refractivity contribution in [2.24, 2.45) is 0 Å². The van der Waals surface area contributed by atoms with Gasteiger partial charge in [-0.25, -0.2) is 4.98 Å². The second-order valence-electron chi connectivity index (χ2n) is 2.75. The second-order valence-corrected chi connectivity index (χ2v) is 3.52. The smallest absolute Gasteiger partial charge is 0.252 e. The molecule has 3 nitrogen and oxygen atoms in total. The van der Waals surface area contributed by atoms with Gasteiger partial charge in [0.25, 0.3) is 5.91 Å². The van der Waals surface area contributed by atoms with E-state index in [4.69, 9.17) is 23.2 Å². The third kappa shape index (κ3) is 2.86. The zero-order valence-corrected chi connectivity index (χ0v) is 9.19. The molecule has 1 aromatic rings. The zero-order chi connectivity index (χ0) is 10.6. The molecule has 1 amide bonds. The van der Waals surface area contributed by atoms with Crippen LogP contribution < -0.4 is 5.32 Å². The Morgan fingerprint density at radius 1 is 1.57 bits per heavy atom. The number of halogens is 2. The number of hydrogen-bond donors (Lipinski definition) is 1. The Morgan fingerprint density at radius 3 is 2.86 bits per heavy atom. The molecule has 0 atom stereocenters. The van der Waals surface area contributed by atoms with Gasteiger partial charge in [0, 0.05) is 12.7 Å². The standard InChI is InChI=1S/C9H10Cl2N2O/c1-2-3-12-9(14)6-4-7(10)8(11)13-5-6/h4-5H,2-3H2,1H3,(H,12,14). The summed E-state index contributed by atoms with van der Waals surface area (Å²) in [5.41, 5.74) is 0.424. The fraction of sp³-hybridized carbons (Fsp3) is 0.333. The van der Waals surface area contributed by atoms with Crippen molar-refractivity contribution in [3.63, 3.8) is 0 Å². The van der Waals surface area contributed by atoms with Gasteiger partial charge in [-0.05, 0) is 12.5 Å². The zero-order valence-electron chi connectivity index (χ0n) is 7.68. The molecule has 1 rings (SSSR count). The molecule has 5 heteroatoms. The first-order chi connectivity index (χ1) is 6.65.